The Morgan fingerprint density at radius 3 is 2.34 bits per heavy atom. The number of sulfonamides is 1. The van der Waals surface area contributed by atoms with Crippen LogP contribution in [-0.4, -0.2) is 37.8 Å². The molecule has 1 heterocycles. The van der Waals surface area contributed by atoms with Crippen molar-refractivity contribution >= 4 is 44.1 Å². The van der Waals surface area contributed by atoms with Gasteiger partial charge in [0.2, 0.25) is 5.43 Å². The van der Waals surface area contributed by atoms with Gasteiger partial charge in [-0.05, 0) is 55.0 Å². The number of rotatable bonds is 7. The van der Waals surface area contributed by atoms with Gasteiger partial charge < -0.3 is 9.88 Å². The number of halogens is 1. The average Bonchev–Trinajstić information content (AvgIpc) is 2.87. The van der Waals surface area contributed by atoms with E-state index in [1.54, 1.807) is 29.2 Å². The molecule has 7 nitrogen and oxygen atoms in total. The summed E-state index contributed by atoms with van der Waals surface area (Å²) in [5.74, 6) is -0.425. The van der Waals surface area contributed by atoms with Crippen molar-refractivity contribution in [1.82, 2.24) is 9.88 Å². The summed E-state index contributed by atoms with van der Waals surface area (Å²) in [6, 6.07) is 20.1. The maximum Gasteiger partial charge on any atom is 0.264 e. The van der Waals surface area contributed by atoms with Crippen LogP contribution in [0, 0.1) is 0 Å². The van der Waals surface area contributed by atoms with Crippen LogP contribution >= 0.6 is 11.6 Å². The molecule has 180 valence electrons. The summed E-state index contributed by atoms with van der Waals surface area (Å²) in [5.41, 5.74) is 1.23. The average molecular weight is 510 g/mol. The van der Waals surface area contributed by atoms with Crippen LogP contribution in [0.15, 0.2) is 88.7 Å². The second kappa shape index (κ2) is 9.93. The molecule has 0 aliphatic heterocycles. The number of aromatic nitrogens is 1. The highest BCUT2D eigenvalue weighted by molar-refractivity contribution is 7.92. The number of hydrogen-bond acceptors (Lipinski definition) is 4. The number of fused-ring (bicyclic) bond motifs is 1. The normalized spacial score (nSPS) is 11.4. The molecule has 3 aromatic carbocycles. The Morgan fingerprint density at radius 1 is 1.00 bits per heavy atom. The van der Waals surface area contributed by atoms with Gasteiger partial charge in [-0.15, -0.1) is 0 Å². The third-order valence-electron chi connectivity index (χ3n) is 5.82. The number of hydrogen-bond donors (Lipinski definition) is 1. The van der Waals surface area contributed by atoms with Crippen molar-refractivity contribution in [2.75, 3.05) is 17.9 Å². The van der Waals surface area contributed by atoms with Crippen molar-refractivity contribution in [3.05, 3.63) is 105 Å². The quantitative estimate of drug-likeness (QED) is 0.392. The lowest BCUT2D eigenvalue weighted by molar-refractivity contribution is 0.0751. The lowest BCUT2D eigenvalue weighted by Crippen LogP contribution is -2.34. The maximum absolute atomic E-state index is 13.3. The van der Waals surface area contributed by atoms with Gasteiger partial charge in [0, 0.05) is 42.3 Å². The monoisotopic (exact) mass is 509 g/mol. The molecule has 35 heavy (non-hydrogen) atoms. The fraction of sp³-hybridized carbons (Fsp3) is 0.154. The lowest BCUT2D eigenvalue weighted by atomic mass is 10.1. The summed E-state index contributed by atoms with van der Waals surface area (Å²) in [4.78, 5) is 31.0. The molecular weight excluding hydrogens is 486 g/mol. The van der Waals surface area contributed by atoms with E-state index in [4.69, 9.17) is 11.6 Å². The standard InChI is InChI=1S/C26H24ClN3O4S/c1-3-30(17-18-7-5-4-6-8-18)26(32)23-16-28-24-14-13-21(15-22(24)25(23)31)35(33,34)29(2)20-11-9-19(27)10-12-20/h4-16H,3,17H2,1-2H3,(H,28,31). The largest absolute Gasteiger partial charge is 0.360 e. The number of pyridine rings is 1. The molecule has 9 heteroatoms. The van der Waals surface area contributed by atoms with Gasteiger partial charge in [-0.2, -0.15) is 0 Å². The second-order valence-corrected chi connectivity index (χ2v) is 10.4. The molecule has 4 rings (SSSR count). The smallest absolute Gasteiger partial charge is 0.264 e. The van der Waals surface area contributed by atoms with Gasteiger partial charge in [0.25, 0.3) is 15.9 Å². The molecule has 0 unspecified atom stereocenters. The van der Waals surface area contributed by atoms with Crippen LogP contribution in [-0.2, 0) is 16.6 Å². The summed E-state index contributed by atoms with van der Waals surface area (Å²) < 4.78 is 27.6. The summed E-state index contributed by atoms with van der Waals surface area (Å²) in [7, 11) is -2.54. The fourth-order valence-electron chi connectivity index (χ4n) is 3.77. The first-order chi connectivity index (χ1) is 16.7. The van der Waals surface area contributed by atoms with Gasteiger partial charge in [-0.25, -0.2) is 8.42 Å². The molecule has 0 bridgehead atoms. The molecule has 1 N–H and O–H groups in total. The zero-order valence-corrected chi connectivity index (χ0v) is 20.8. The molecule has 1 amide bonds. The van der Waals surface area contributed by atoms with Crippen molar-refractivity contribution in [3.63, 3.8) is 0 Å². The first kappa shape index (κ1) is 24.5. The van der Waals surface area contributed by atoms with Crippen LogP contribution < -0.4 is 9.73 Å². The number of carbonyl (C=O) groups is 1. The Bertz CT molecular complexity index is 1530. The minimum atomic E-state index is -3.97. The second-order valence-electron chi connectivity index (χ2n) is 7.99. The Hall–Kier alpha value is -3.62. The molecule has 4 aromatic rings. The minimum Gasteiger partial charge on any atom is -0.360 e. The van der Waals surface area contributed by atoms with Crippen LogP contribution in [0.1, 0.15) is 22.8 Å². The van der Waals surface area contributed by atoms with Gasteiger partial charge in [-0.3, -0.25) is 13.9 Å². The molecule has 0 aliphatic rings. The Morgan fingerprint density at radius 2 is 1.69 bits per heavy atom. The number of benzene rings is 3. The van der Waals surface area contributed by atoms with Crippen LogP contribution in [0.25, 0.3) is 10.9 Å². The van der Waals surface area contributed by atoms with E-state index in [9.17, 15) is 18.0 Å². The first-order valence-corrected chi connectivity index (χ1v) is 12.8. The van der Waals surface area contributed by atoms with Gasteiger partial charge in [0.05, 0.1) is 10.6 Å². The van der Waals surface area contributed by atoms with E-state index >= 15 is 0 Å². The van der Waals surface area contributed by atoms with Crippen molar-refractivity contribution in [3.8, 4) is 0 Å². The molecule has 0 spiro atoms. The Kier molecular flexibility index (Phi) is 6.95. The van der Waals surface area contributed by atoms with Crippen molar-refractivity contribution < 1.29 is 13.2 Å². The molecule has 1 aromatic heterocycles. The number of H-pyrrole nitrogens is 1. The van der Waals surface area contributed by atoms with Crippen LogP contribution in [0.4, 0.5) is 5.69 Å². The fourth-order valence-corrected chi connectivity index (χ4v) is 5.11. The zero-order chi connectivity index (χ0) is 25.2. The van der Waals surface area contributed by atoms with Crippen molar-refractivity contribution in [2.24, 2.45) is 0 Å². The SMILES string of the molecule is CCN(Cc1ccccc1)C(=O)c1c[nH]c2ccc(S(=O)(=O)N(C)c3ccc(Cl)cc3)cc2c1=O. The highest BCUT2D eigenvalue weighted by Crippen LogP contribution is 2.25. The van der Waals surface area contributed by atoms with Gasteiger partial charge >= 0.3 is 0 Å². The van der Waals surface area contributed by atoms with Crippen molar-refractivity contribution in [2.45, 2.75) is 18.4 Å². The molecule has 0 saturated heterocycles. The van der Waals surface area contributed by atoms with Gasteiger partial charge in [0.1, 0.15) is 5.56 Å². The molecule has 0 radical (unpaired) electrons. The Balaban J connectivity index is 1.71. The highest BCUT2D eigenvalue weighted by Gasteiger charge is 2.24. The van der Waals surface area contributed by atoms with Crippen LogP contribution in [0.5, 0.6) is 0 Å². The predicted molar refractivity (Wildman–Crippen MR) is 138 cm³/mol. The third-order valence-corrected chi connectivity index (χ3v) is 7.85. The van der Waals surface area contributed by atoms with E-state index in [0.29, 0.717) is 29.3 Å². The number of carbonyl (C=O) groups excluding carboxylic acids is 1. The summed E-state index contributed by atoms with van der Waals surface area (Å²) in [5, 5.41) is 0.611. The van der Waals surface area contributed by atoms with Crippen LogP contribution in [0.3, 0.4) is 0 Å². The van der Waals surface area contributed by atoms with E-state index in [0.717, 1.165) is 9.87 Å². The van der Waals surface area contributed by atoms with E-state index in [2.05, 4.69) is 4.98 Å². The maximum atomic E-state index is 13.3. The lowest BCUT2D eigenvalue weighted by Gasteiger charge is -2.21. The molecule has 0 aliphatic carbocycles. The Labute approximate surface area is 208 Å². The number of nitrogens with one attached hydrogen (secondary N) is 1. The summed E-state index contributed by atoms with van der Waals surface area (Å²) in [6.07, 6.45) is 1.38. The van der Waals surface area contributed by atoms with Gasteiger partial charge in [0.15, 0.2) is 0 Å². The summed E-state index contributed by atoms with van der Waals surface area (Å²) in [6.45, 7) is 2.60. The van der Waals surface area contributed by atoms with E-state index < -0.39 is 21.4 Å². The summed E-state index contributed by atoms with van der Waals surface area (Å²) >= 11 is 5.91. The number of amides is 1. The topological polar surface area (TPSA) is 90.6 Å². The molecular formula is C26H24ClN3O4S. The van der Waals surface area contributed by atoms with E-state index in [1.165, 1.54) is 31.4 Å². The minimum absolute atomic E-state index is 0.0455. The van der Waals surface area contributed by atoms with Crippen LogP contribution in [0.2, 0.25) is 5.02 Å². The van der Waals surface area contributed by atoms with Gasteiger partial charge in [-0.1, -0.05) is 41.9 Å². The third kappa shape index (κ3) is 4.94. The van der Waals surface area contributed by atoms with Crippen molar-refractivity contribution in [1.29, 1.82) is 0 Å². The highest BCUT2D eigenvalue weighted by atomic mass is 35.5. The van der Waals surface area contributed by atoms with E-state index in [-0.39, 0.29) is 15.8 Å². The number of aromatic amines is 1. The number of nitrogens with zero attached hydrogens (tertiary/aromatic N) is 2. The molecule has 0 saturated carbocycles. The molecule has 0 atom stereocenters. The zero-order valence-electron chi connectivity index (χ0n) is 19.2. The molecule has 0 fully saturated rings. The predicted octanol–water partition coefficient (Wildman–Crippen LogP) is 4.67. The van der Waals surface area contributed by atoms with E-state index in [1.807, 2.05) is 37.3 Å². The number of anilines is 1. The first-order valence-electron chi connectivity index (χ1n) is 11.0.